The fraction of sp³-hybridized carbons (Fsp3) is 0.917. The van der Waals surface area contributed by atoms with Gasteiger partial charge in [0.25, 0.3) is 0 Å². The molecule has 0 radical (unpaired) electrons. The quantitative estimate of drug-likeness (QED) is 0.553. The number of ether oxygens (including phenoxy) is 2. The van der Waals surface area contributed by atoms with Crippen LogP contribution in [-0.4, -0.2) is 23.2 Å². The second-order valence-electron chi connectivity index (χ2n) is 5.55. The van der Waals surface area contributed by atoms with Crippen molar-refractivity contribution < 1.29 is 14.3 Å². The Kier molecular flexibility index (Phi) is 2.44. The molecule has 16 heavy (non-hydrogen) atoms. The summed E-state index contributed by atoms with van der Waals surface area (Å²) in [6.45, 7) is 1.85. The van der Waals surface area contributed by atoms with E-state index in [9.17, 15) is 4.79 Å². The summed E-state index contributed by atoms with van der Waals surface area (Å²) in [5.74, 6) is 0.612. The van der Waals surface area contributed by atoms with Crippen molar-refractivity contribution in [3.05, 3.63) is 0 Å². The van der Waals surface area contributed by atoms with Gasteiger partial charge in [-0.05, 0) is 38.5 Å². The first-order chi connectivity index (χ1) is 7.56. The molecule has 4 fully saturated rings. The Morgan fingerprint density at radius 3 is 3.00 bits per heavy atom. The molecule has 0 aromatic heterocycles. The molecule has 0 aromatic carbocycles. The minimum atomic E-state index is -0.286. The Balaban J connectivity index is 1.89. The summed E-state index contributed by atoms with van der Waals surface area (Å²) in [7, 11) is 0. The third kappa shape index (κ3) is 1.74. The zero-order valence-corrected chi connectivity index (χ0v) is 10.2. The van der Waals surface area contributed by atoms with E-state index in [0.29, 0.717) is 5.92 Å². The first-order valence-electron chi connectivity index (χ1n) is 6.09. The number of hydrogen-bond donors (Lipinski definition) is 0. The molecular weight excluding hydrogens is 228 g/mol. The van der Waals surface area contributed by atoms with Gasteiger partial charge >= 0.3 is 5.97 Å². The van der Waals surface area contributed by atoms with Crippen LogP contribution < -0.4 is 0 Å². The summed E-state index contributed by atoms with van der Waals surface area (Å²) >= 11 is 5.96. The van der Waals surface area contributed by atoms with Gasteiger partial charge in [-0.25, -0.2) is 0 Å². The Bertz CT molecular complexity index is 313. The minimum Gasteiger partial charge on any atom is -0.462 e. The lowest BCUT2D eigenvalue weighted by Gasteiger charge is -2.46. The monoisotopic (exact) mass is 244 g/mol. The number of carbonyl (C=O) groups excluding carboxylic acids is 1. The highest BCUT2D eigenvalue weighted by Gasteiger charge is 2.53. The topological polar surface area (TPSA) is 35.5 Å². The maximum Gasteiger partial charge on any atom is 0.309 e. The number of alkyl halides is 1. The number of rotatable bonds is 2. The molecule has 5 unspecified atom stereocenters. The second kappa shape index (κ2) is 3.61. The van der Waals surface area contributed by atoms with E-state index in [1.165, 1.54) is 0 Å². The highest BCUT2D eigenvalue weighted by atomic mass is 35.5. The van der Waals surface area contributed by atoms with Gasteiger partial charge in [0.05, 0.1) is 11.5 Å². The maximum absolute atomic E-state index is 11.8. The molecule has 0 amide bonds. The molecule has 0 spiro atoms. The highest BCUT2D eigenvalue weighted by Crippen LogP contribution is 2.51. The van der Waals surface area contributed by atoms with Gasteiger partial charge in [-0.15, -0.1) is 0 Å². The molecule has 2 saturated carbocycles. The van der Waals surface area contributed by atoms with Crippen LogP contribution in [0.15, 0.2) is 0 Å². The first-order valence-corrected chi connectivity index (χ1v) is 6.52. The van der Waals surface area contributed by atoms with Gasteiger partial charge < -0.3 is 9.47 Å². The van der Waals surface area contributed by atoms with Crippen molar-refractivity contribution in [2.24, 2.45) is 11.8 Å². The summed E-state index contributed by atoms with van der Waals surface area (Å²) in [4.78, 5) is 11.8. The van der Waals surface area contributed by atoms with Gasteiger partial charge in [-0.2, -0.15) is 0 Å². The summed E-state index contributed by atoms with van der Waals surface area (Å²) in [6.07, 6.45) is 4.75. The minimum absolute atomic E-state index is 0.0140. The first kappa shape index (κ1) is 10.8. The molecule has 4 rings (SSSR count). The van der Waals surface area contributed by atoms with Gasteiger partial charge in [0.1, 0.15) is 11.7 Å². The molecule has 5 atom stereocenters. The van der Waals surface area contributed by atoms with E-state index in [0.717, 1.165) is 32.1 Å². The van der Waals surface area contributed by atoms with Crippen molar-refractivity contribution in [1.82, 2.24) is 0 Å². The standard InChI is InChI=1S/C12H17ClO3/c1-7(13)16-12-4-8-2-9(5-12)11(14)15-10(3-8)6-12/h7-10H,2-6H2,1H3. The van der Waals surface area contributed by atoms with E-state index in [1.807, 2.05) is 6.92 Å². The predicted molar refractivity (Wildman–Crippen MR) is 59.1 cm³/mol. The zero-order valence-electron chi connectivity index (χ0n) is 9.45. The maximum atomic E-state index is 11.8. The lowest BCUT2D eigenvalue weighted by Crippen LogP contribution is -2.47. The van der Waals surface area contributed by atoms with E-state index in [1.54, 1.807) is 0 Å². The molecule has 2 aliphatic heterocycles. The van der Waals surface area contributed by atoms with Crippen molar-refractivity contribution >= 4 is 17.6 Å². The number of halogens is 1. The molecule has 2 saturated heterocycles. The smallest absolute Gasteiger partial charge is 0.309 e. The largest absolute Gasteiger partial charge is 0.462 e. The van der Waals surface area contributed by atoms with Crippen LogP contribution in [0.5, 0.6) is 0 Å². The van der Waals surface area contributed by atoms with Gasteiger partial charge in [0.2, 0.25) is 0 Å². The lowest BCUT2D eigenvalue weighted by molar-refractivity contribution is -0.151. The average molecular weight is 245 g/mol. The third-order valence-corrected chi connectivity index (χ3v) is 4.21. The second-order valence-corrected chi connectivity index (χ2v) is 6.16. The summed E-state index contributed by atoms with van der Waals surface area (Å²) in [6, 6.07) is 0. The van der Waals surface area contributed by atoms with Gasteiger partial charge in [0, 0.05) is 6.42 Å². The van der Waals surface area contributed by atoms with Gasteiger partial charge in [-0.1, -0.05) is 11.6 Å². The normalized spacial score (nSPS) is 47.6. The fourth-order valence-electron chi connectivity index (χ4n) is 3.86. The molecule has 3 nitrogen and oxygen atoms in total. The molecule has 4 bridgehead atoms. The molecular formula is C12H17ClO3. The van der Waals surface area contributed by atoms with Crippen LogP contribution in [0.3, 0.4) is 0 Å². The predicted octanol–water partition coefficient (Wildman–Crippen LogP) is 2.46. The molecule has 4 heteroatoms. The number of hydrogen-bond acceptors (Lipinski definition) is 3. The van der Waals surface area contributed by atoms with Crippen LogP contribution >= 0.6 is 11.6 Å². The number of carbonyl (C=O) groups is 1. The van der Waals surface area contributed by atoms with Crippen molar-refractivity contribution in [1.29, 1.82) is 0 Å². The van der Waals surface area contributed by atoms with Crippen molar-refractivity contribution in [3.8, 4) is 0 Å². The third-order valence-electron chi connectivity index (χ3n) is 4.12. The van der Waals surface area contributed by atoms with Gasteiger partial charge in [-0.3, -0.25) is 4.79 Å². The van der Waals surface area contributed by atoms with Gasteiger partial charge in [0.15, 0.2) is 0 Å². The van der Waals surface area contributed by atoms with Crippen molar-refractivity contribution in [2.75, 3.05) is 0 Å². The lowest BCUT2D eigenvalue weighted by atomic mass is 9.65. The number of fused-ring (bicyclic) bond motifs is 1. The SMILES string of the molecule is CC(Cl)OC12CC3CC(C1)OC(=O)C(C3)C2. The van der Waals surface area contributed by atoms with E-state index < -0.39 is 0 Å². The highest BCUT2D eigenvalue weighted by molar-refractivity contribution is 6.19. The van der Waals surface area contributed by atoms with Crippen LogP contribution in [0.1, 0.15) is 39.0 Å². The van der Waals surface area contributed by atoms with Crippen LogP contribution in [0.4, 0.5) is 0 Å². The molecule has 90 valence electrons. The zero-order chi connectivity index (χ0) is 11.3. The van der Waals surface area contributed by atoms with Crippen LogP contribution in [-0.2, 0) is 14.3 Å². The average Bonchev–Trinajstić information content (AvgIpc) is 2.27. The Morgan fingerprint density at radius 2 is 2.25 bits per heavy atom. The summed E-state index contributed by atoms with van der Waals surface area (Å²) in [5.41, 5.74) is -0.476. The van der Waals surface area contributed by atoms with E-state index in [4.69, 9.17) is 21.1 Å². The Labute approximate surface area is 100 Å². The van der Waals surface area contributed by atoms with E-state index in [-0.39, 0.29) is 29.2 Å². The van der Waals surface area contributed by atoms with Crippen molar-refractivity contribution in [3.63, 3.8) is 0 Å². The Morgan fingerprint density at radius 1 is 1.44 bits per heavy atom. The fourth-order valence-corrected chi connectivity index (χ4v) is 4.05. The summed E-state index contributed by atoms with van der Waals surface area (Å²) < 4.78 is 11.4. The van der Waals surface area contributed by atoms with Crippen LogP contribution in [0.2, 0.25) is 0 Å². The molecule has 2 heterocycles. The molecule has 4 aliphatic rings. The molecule has 0 N–H and O–H groups in total. The Hall–Kier alpha value is -0.280. The molecule has 0 aromatic rings. The van der Waals surface area contributed by atoms with E-state index in [2.05, 4.69) is 0 Å². The molecule has 2 aliphatic carbocycles. The van der Waals surface area contributed by atoms with E-state index >= 15 is 0 Å². The van der Waals surface area contributed by atoms with Crippen LogP contribution in [0.25, 0.3) is 0 Å². The summed E-state index contributed by atoms with van der Waals surface area (Å²) in [5, 5.41) is 0. The van der Waals surface area contributed by atoms with Crippen LogP contribution in [0, 0.1) is 11.8 Å². The van der Waals surface area contributed by atoms with Crippen molar-refractivity contribution in [2.45, 2.75) is 56.3 Å². The number of esters is 1.